The third kappa shape index (κ3) is 6.31. The van der Waals surface area contributed by atoms with E-state index in [0.29, 0.717) is 11.8 Å². The number of amides is 1. The molecule has 0 heterocycles. The number of nitrogens with one attached hydrogen (secondary N) is 1. The molecule has 0 aromatic heterocycles. The average molecular weight is 269 g/mol. The molecule has 2 atom stereocenters. The molecule has 0 bridgehead atoms. The predicted octanol–water partition coefficient (Wildman–Crippen LogP) is 4.51. The molecule has 0 aliphatic heterocycles. The van der Waals surface area contributed by atoms with Crippen molar-refractivity contribution < 1.29 is 9.53 Å². The zero-order chi connectivity index (χ0) is 14.1. The fraction of sp³-hybridized carbons (Fsp3) is 0.938. The highest BCUT2D eigenvalue weighted by molar-refractivity contribution is 5.67. The van der Waals surface area contributed by atoms with Crippen molar-refractivity contribution in [1.82, 2.24) is 5.32 Å². The third-order valence-electron chi connectivity index (χ3n) is 4.17. The van der Waals surface area contributed by atoms with Crippen LogP contribution in [0, 0.1) is 11.8 Å². The summed E-state index contributed by atoms with van der Waals surface area (Å²) in [6, 6.07) is 0. The quantitative estimate of drug-likeness (QED) is 0.691. The van der Waals surface area contributed by atoms with Crippen LogP contribution in [-0.4, -0.2) is 18.7 Å². The minimum Gasteiger partial charge on any atom is -0.446 e. The van der Waals surface area contributed by atoms with Gasteiger partial charge in [-0.2, -0.15) is 0 Å². The Morgan fingerprint density at radius 3 is 2.63 bits per heavy atom. The van der Waals surface area contributed by atoms with Gasteiger partial charge in [0, 0.05) is 6.54 Å². The van der Waals surface area contributed by atoms with Gasteiger partial charge in [-0.25, -0.2) is 4.79 Å². The monoisotopic (exact) mass is 269 g/mol. The van der Waals surface area contributed by atoms with E-state index >= 15 is 0 Å². The lowest BCUT2D eigenvalue weighted by Crippen LogP contribution is -2.37. The smallest absolute Gasteiger partial charge is 0.407 e. The van der Waals surface area contributed by atoms with Gasteiger partial charge in [0.1, 0.15) is 6.10 Å². The van der Waals surface area contributed by atoms with E-state index in [1.807, 2.05) is 0 Å². The van der Waals surface area contributed by atoms with Crippen LogP contribution in [0.2, 0.25) is 0 Å². The lowest BCUT2D eigenvalue weighted by atomic mass is 9.79. The standard InChI is InChI=1S/C16H31NO2/c1-4-5-6-9-12-17-16(18)19-15-11-8-7-10-14(15)13(2)3/h13-15H,4-12H2,1-3H3,(H,17,18). The number of hydrogen-bond donors (Lipinski definition) is 1. The number of carbonyl (C=O) groups excluding carboxylic acids is 1. The molecule has 1 fully saturated rings. The summed E-state index contributed by atoms with van der Waals surface area (Å²) >= 11 is 0. The van der Waals surface area contributed by atoms with Crippen LogP contribution in [0.5, 0.6) is 0 Å². The van der Waals surface area contributed by atoms with Crippen LogP contribution in [0.3, 0.4) is 0 Å². The fourth-order valence-electron chi connectivity index (χ4n) is 2.96. The van der Waals surface area contributed by atoms with Gasteiger partial charge in [-0.1, -0.05) is 46.5 Å². The number of unbranched alkanes of at least 4 members (excludes halogenated alkanes) is 3. The fourth-order valence-corrected chi connectivity index (χ4v) is 2.96. The molecule has 1 amide bonds. The highest BCUT2D eigenvalue weighted by Gasteiger charge is 2.30. The van der Waals surface area contributed by atoms with E-state index in [2.05, 4.69) is 26.1 Å². The summed E-state index contributed by atoms with van der Waals surface area (Å²) in [5.41, 5.74) is 0. The van der Waals surface area contributed by atoms with Crippen LogP contribution < -0.4 is 5.32 Å². The molecule has 3 nitrogen and oxygen atoms in total. The summed E-state index contributed by atoms with van der Waals surface area (Å²) in [5, 5.41) is 2.89. The van der Waals surface area contributed by atoms with E-state index in [-0.39, 0.29) is 12.2 Å². The SMILES string of the molecule is CCCCCCNC(=O)OC1CCCCC1C(C)C. The summed E-state index contributed by atoms with van der Waals surface area (Å²) in [7, 11) is 0. The molecule has 1 rings (SSSR count). The van der Waals surface area contributed by atoms with Crippen LogP contribution in [-0.2, 0) is 4.74 Å². The van der Waals surface area contributed by atoms with E-state index in [4.69, 9.17) is 4.74 Å². The van der Waals surface area contributed by atoms with Crippen molar-refractivity contribution in [2.45, 2.75) is 78.2 Å². The molecule has 19 heavy (non-hydrogen) atoms. The Kier molecular flexibility index (Phi) is 7.92. The maximum Gasteiger partial charge on any atom is 0.407 e. The van der Waals surface area contributed by atoms with Gasteiger partial charge in [-0.15, -0.1) is 0 Å². The molecule has 0 aromatic carbocycles. The lowest BCUT2D eigenvalue weighted by Gasteiger charge is -2.33. The zero-order valence-corrected chi connectivity index (χ0v) is 12.9. The first-order valence-corrected chi connectivity index (χ1v) is 8.09. The van der Waals surface area contributed by atoms with Gasteiger partial charge >= 0.3 is 6.09 Å². The Morgan fingerprint density at radius 2 is 1.95 bits per heavy atom. The molecule has 1 aliphatic rings. The Labute approximate surface area is 118 Å². The van der Waals surface area contributed by atoms with E-state index in [0.717, 1.165) is 19.4 Å². The number of carbonyl (C=O) groups is 1. The first-order valence-electron chi connectivity index (χ1n) is 8.09. The van der Waals surface area contributed by atoms with Crippen molar-refractivity contribution in [3.8, 4) is 0 Å². The minimum absolute atomic E-state index is 0.129. The second-order valence-electron chi connectivity index (χ2n) is 6.12. The van der Waals surface area contributed by atoms with Crippen molar-refractivity contribution in [2.75, 3.05) is 6.54 Å². The Morgan fingerprint density at radius 1 is 1.21 bits per heavy atom. The van der Waals surface area contributed by atoms with Gasteiger partial charge in [0.25, 0.3) is 0 Å². The van der Waals surface area contributed by atoms with Crippen LogP contribution in [0.15, 0.2) is 0 Å². The summed E-state index contributed by atoms with van der Waals surface area (Å²) in [6.45, 7) is 7.40. The average Bonchev–Trinajstić information content (AvgIpc) is 2.39. The number of rotatable bonds is 7. The predicted molar refractivity (Wildman–Crippen MR) is 79.2 cm³/mol. The summed E-state index contributed by atoms with van der Waals surface area (Å²) in [6.07, 6.45) is 9.34. The van der Waals surface area contributed by atoms with E-state index in [1.54, 1.807) is 0 Å². The molecule has 0 aromatic rings. The molecule has 1 N–H and O–H groups in total. The van der Waals surface area contributed by atoms with Crippen LogP contribution in [0.1, 0.15) is 72.1 Å². The summed E-state index contributed by atoms with van der Waals surface area (Å²) in [4.78, 5) is 11.8. The Hall–Kier alpha value is -0.730. The maximum absolute atomic E-state index is 11.8. The second kappa shape index (κ2) is 9.22. The largest absolute Gasteiger partial charge is 0.446 e. The number of hydrogen-bond acceptors (Lipinski definition) is 2. The second-order valence-corrected chi connectivity index (χ2v) is 6.12. The first-order chi connectivity index (χ1) is 9.15. The van der Waals surface area contributed by atoms with Gasteiger partial charge < -0.3 is 10.1 Å². The third-order valence-corrected chi connectivity index (χ3v) is 4.17. The minimum atomic E-state index is -0.214. The zero-order valence-electron chi connectivity index (χ0n) is 12.9. The topological polar surface area (TPSA) is 38.3 Å². The van der Waals surface area contributed by atoms with Crippen LogP contribution >= 0.6 is 0 Å². The van der Waals surface area contributed by atoms with E-state index in [9.17, 15) is 4.79 Å². The number of alkyl carbamates (subject to hydrolysis) is 1. The van der Waals surface area contributed by atoms with Crippen LogP contribution in [0.4, 0.5) is 4.79 Å². The van der Waals surface area contributed by atoms with E-state index < -0.39 is 0 Å². The molecule has 1 saturated carbocycles. The normalized spacial score (nSPS) is 23.4. The van der Waals surface area contributed by atoms with Gasteiger partial charge in [-0.3, -0.25) is 0 Å². The molecule has 0 spiro atoms. The van der Waals surface area contributed by atoms with Crippen molar-refractivity contribution in [1.29, 1.82) is 0 Å². The highest BCUT2D eigenvalue weighted by atomic mass is 16.6. The molecule has 3 heteroatoms. The van der Waals surface area contributed by atoms with Crippen molar-refractivity contribution in [3.63, 3.8) is 0 Å². The highest BCUT2D eigenvalue weighted by Crippen LogP contribution is 2.32. The van der Waals surface area contributed by atoms with Crippen molar-refractivity contribution >= 4 is 6.09 Å². The Bertz CT molecular complexity index is 253. The molecule has 1 aliphatic carbocycles. The molecule has 0 saturated heterocycles. The first kappa shape index (κ1) is 16.3. The summed E-state index contributed by atoms with van der Waals surface area (Å²) < 4.78 is 5.62. The van der Waals surface area contributed by atoms with Gasteiger partial charge in [0.2, 0.25) is 0 Å². The van der Waals surface area contributed by atoms with Crippen molar-refractivity contribution in [2.24, 2.45) is 11.8 Å². The molecule has 2 unspecified atom stereocenters. The van der Waals surface area contributed by atoms with Gasteiger partial charge in [-0.05, 0) is 37.5 Å². The number of ether oxygens (including phenoxy) is 1. The molecular weight excluding hydrogens is 238 g/mol. The van der Waals surface area contributed by atoms with Crippen LogP contribution in [0.25, 0.3) is 0 Å². The summed E-state index contributed by atoms with van der Waals surface area (Å²) in [5.74, 6) is 1.14. The van der Waals surface area contributed by atoms with Crippen molar-refractivity contribution in [3.05, 3.63) is 0 Å². The Balaban J connectivity index is 2.22. The lowest BCUT2D eigenvalue weighted by molar-refractivity contribution is 0.0205. The molecular formula is C16H31NO2. The maximum atomic E-state index is 11.8. The van der Waals surface area contributed by atoms with Gasteiger partial charge in [0.05, 0.1) is 0 Å². The molecule has 112 valence electrons. The van der Waals surface area contributed by atoms with Gasteiger partial charge in [0.15, 0.2) is 0 Å². The van der Waals surface area contributed by atoms with E-state index in [1.165, 1.54) is 38.5 Å². The molecule has 0 radical (unpaired) electrons.